The van der Waals surface area contributed by atoms with Crippen LogP contribution in [0, 0.1) is 0 Å². The van der Waals surface area contributed by atoms with Crippen molar-refractivity contribution in [1.82, 2.24) is 15.3 Å². The van der Waals surface area contributed by atoms with E-state index < -0.39 is 0 Å². The minimum absolute atomic E-state index is 0.136. The van der Waals surface area contributed by atoms with Crippen LogP contribution >= 0.6 is 0 Å². The number of hydrogen-bond acceptors (Lipinski definition) is 9. The molecule has 1 fully saturated rings. The molecular formula is C22H21N3O6. The molecule has 0 spiro atoms. The van der Waals surface area contributed by atoms with Crippen LogP contribution in [-0.4, -0.2) is 56.0 Å². The Morgan fingerprint density at radius 1 is 0.935 bits per heavy atom. The Balaban J connectivity index is 1.35. The second-order valence-electron chi connectivity index (χ2n) is 7.48. The zero-order chi connectivity index (χ0) is 20.6. The summed E-state index contributed by atoms with van der Waals surface area (Å²) in [7, 11) is 0. The topological polar surface area (TPSA) is 93.2 Å². The van der Waals surface area contributed by atoms with Crippen molar-refractivity contribution in [1.29, 1.82) is 0 Å². The van der Waals surface area contributed by atoms with Crippen LogP contribution in [0.3, 0.4) is 0 Å². The number of nitrogens with one attached hydrogen (secondary N) is 1. The number of fused-ring (bicyclic) bond motifs is 3. The minimum Gasteiger partial charge on any atom is -0.463 e. The van der Waals surface area contributed by atoms with Gasteiger partial charge in [-0.1, -0.05) is 0 Å². The first-order valence-corrected chi connectivity index (χ1v) is 10.3. The molecule has 0 aliphatic carbocycles. The number of morpholine rings is 1. The number of hydrogen-bond donors (Lipinski definition) is 1. The quantitative estimate of drug-likeness (QED) is 0.664. The Morgan fingerprint density at radius 3 is 2.58 bits per heavy atom. The van der Waals surface area contributed by atoms with E-state index in [4.69, 9.17) is 33.4 Å². The van der Waals surface area contributed by atoms with Gasteiger partial charge < -0.3 is 33.7 Å². The van der Waals surface area contributed by atoms with Crippen molar-refractivity contribution in [3.8, 4) is 40.3 Å². The molecule has 1 unspecified atom stereocenters. The van der Waals surface area contributed by atoms with Crippen LogP contribution in [0.2, 0.25) is 0 Å². The Bertz CT molecular complexity index is 1130. The molecule has 0 amide bonds. The Hall–Kier alpha value is -3.30. The molecule has 6 rings (SSSR count). The third-order valence-electron chi connectivity index (χ3n) is 5.49. The molecule has 9 nitrogen and oxygen atoms in total. The molecular weight excluding hydrogens is 402 g/mol. The van der Waals surface area contributed by atoms with Gasteiger partial charge in [0.2, 0.25) is 13.6 Å². The molecule has 9 heteroatoms. The standard InChI is InChI=1S/C22H21N3O6/c1-2-17-18(29-11-28-17)7-13(1)21-15-8-19-20(31-12-30-19)9-16(15)24-22(25-21)27-5-3-14-10-23-4-6-26-14/h1-2,7-9,14,23H,3-6,10-12H2. The first-order chi connectivity index (χ1) is 15.3. The van der Waals surface area contributed by atoms with Gasteiger partial charge in [-0.2, -0.15) is 9.97 Å². The fraction of sp³-hybridized carbons (Fsp3) is 0.364. The van der Waals surface area contributed by atoms with Crippen LogP contribution in [0.1, 0.15) is 6.42 Å². The molecule has 1 saturated heterocycles. The van der Waals surface area contributed by atoms with E-state index in [1.165, 1.54) is 0 Å². The zero-order valence-electron chi connectivity index (χ0n) is 16.8. The maximum absolute atomic E-state index is 5.93. The molecule has 2 aromatic carbocycles. The van der Waals surface area contributed by atoms with E-state index in [2.05, 4.69) is 10.3 Å². The van der Waals surface area contributed by atoms with Crippen molar-refractivity contribution in [2.24, 2.45) is 0 Å². The summed E-state index contributed by atoms with van der Waals surface area (Å²) < 4.78 is 33.7. The summed E-state index contributed by atoms with van der Waals surface area (Å²) in [6.07, 6.45) is 0.894. The van der Waals surface area contributed by atoms with Crippen molar-refractivity contribution in [2.75, 3.05) is 39.9 Å². The van der Waals surface area contributed by atoms with E-state index in [1.807, 2.05) is 30.3 Å². The van der Waals surface area contributed by atoms with E-state index >= 15 is 0 Å². The van der Waals surface area contributed by atoms with Gasteiger partial charge >= 0.3 is 6.01 Å². The molecule has 0 saturated carbocycles. The van der Waals surface area contributed by atoms with Crippen LogP contribution in [0.5, 0.6) is 29.0 Å². The normalized spacial score (nSPS) is 19.0. The lowest BCUT2D eigenvalue weighted by atomic mass is 10.1. The van der Waals surface area contributed by atoms with Crippen molar-refractivity contribution in [2.45, 2.75) is 12.5 Å². The molecule has 31 heavy (non-hydrogen) atoms. The third-order valence-corrected chi connectivity index (χ3v) is 5.49. The molecule has 1 N–H and O–H groups in total. The lowest BCUT2D eigenvalue weighted by Gasteiger charge is -2.23. The molecule has 1 atom stereocenters. The van der Waals surface area contributed by atoms with Gasteiger partial charge in [0.25, 0.3) is 0 Å². The van der Waals surface area contributed by atoms with E-state index in [-0.39, 0.29) is 19.7 Å². The maximum atomic E-state index is 5.93. The van der Waals surface area contributed by atoms with Gasteiger partial charge in [-0.25, -0.2) is 0 Å². The van der Waals surface area contributed by atoms with Crippen molar-refractivity contribution in [3.63, 3.8) is 0 Å². The Labute approximate surface area is 178 Å². The van der Waals surface area contributed by atoms with Crippen LogP contribution in [0.4, 0.5) is 0 Å². The van der Waals surface area contributed by atoms with Crippen LogP contribution in [-0.2, 0) is 4.74 Å². The molecule has 3 aliphatic rings. The summed E-state index contributed by atoms with van der Waals surface area (Å²) >= 11 is 0. The highest BCUT2D eigenvalue weighted by molar-refractivity contribution is 5.95. The number of rotatable bonds is 5. The van der Waals surface area contributed by atoms with Gasteiger partial charge in [0.15, 0.2) is 23.0 Å². The highest BCUT2D eigenvalue weighted by Crippen LogP contribution is 2.41. The molecule has 0 bridgehead atoms. The fourth-order valence-corrected chi connectivity index (χ4v) is 3.91. The van der Waals surface area contributed by atoms with E-state index in [9.17, 15) is 0 Å². The molecule has 3 aromatic rings. The van der Waals surface area contributed by atoms with Crippen molar-refractivity contribution in [3.05, 3.63) is 30.3 Å². The lowest BCUT2D eigenvalue weighted by molar-refractivity contribution is 0.0153. The highest BCUT2D eigenvalue weighted by Gasteiger charge is 2.21. The highest BCUT2D eigenvalue weighted by atomic mass is 16.7. The van der Waals surface area contributed by atoms with Gasteiger partial charge in [0, 0.05) is 36.5 Å². The van der Waals surface area contributed by atoms with E-state index in [1.54, 1.807) is 0 Å². The summed E-state index contributed by atoms with van der Waals surface area (Å²) in [6.45, 7) is 3.31. The fourth-order valence-electron chi connectivity index (χ4n) is 3.91. The summed E-state index contributed by atoms with van der Waals surface area (Å²) in [4.78, 5) is 9.33. The first-order valence-electron chi connectivity index (χ1n) is 10.3. The molecule has 1 aromatic heterocycles. The average Bonchev–Trinajstić information content (AvgIpc) is 3.46. The van der Waals surface area contributed by atoms with Gasteiger partial charge in [-0.05, 0) is 24.3 Å². The predicted octanol–water partition coefficient (Wildman–Crippen LogP) is 2.51. The van der Waals surface area contributed by atoms with Crippen LogP contribution < -0.4 is 29.0 Å². The van der Waals surface area contributed by atoms with Gasteiger partial charge in [0.1, 0.15) is 0 Å². The lowest BCUT2D eigenvalue weighted by Crippen LogP contribution is -2.39. The van der Waals surface area contributed by atoms with E-state index in [0.717, 1.165) is 54.0 Å². The van der Waals surface area contributed by atoms with Gasteiger partial charge in [-0.15, -0.1) is 0 Å². The van der Waals surface area contributed by atoms with E-state index in [0.29, 0.717) is 29.9 Å². The summed E-state index contributed by atoms with van der Waals surface area (Å²) in [5.74, 6) is 2.75. The second-order valence-corrected chi connectivity index (χ2v) is 7.48. The summed E-state index contributed by atoms with van der Waals surface area (Å²) in [5.41, 5.74) is 2.32. The molecule has 3 aliphatic heterocycles. The molecule has 0 radical (unpaired) electrons. The number of aromatic nitrogens is 2. The SMILES string of the molecule is c1cc2c(cc1-c1nc(OCCC3CNCCO3)nc3cc4c(cc13)OCO4)OCO2. The Kier molecular flexibility index (Phi) is 4.62. The van der Waals surface area contributed by atoms with Crippen molar-refractivity contribution >= 4 is 10.9 Å². The van der Waals surface area contributed by atoms with Crippen LogP contribution in [0.15, 0.2) is 30.3 Å². The maximum Gasteiger partial charge on any atom is 0.317 e. The average molecular weight is 423 g/mol. The zero-order valence-corrected chi connectivity index (χ0v) is 16.8. The first kappa shape index (κ1) is 18.5. The predicted molar refractivity (Wildman–Crippen MR) is 110 cm³/mol. The molecule has 4 heterocycles. The summed E-state index contributed by atoms with van der Waals surface area (Å²) in [6, 6.07) is 9.82. The smallest absolute Gasteiger partial charge is 0.317 e. The molecule has 160 valence electrons. The van der Waals surface area contributed by atoms with Crippen LogP contribution in [0.25, 0.3) is 22.2 Å². The van der Waals surface area contributed by atoms with Crippen molar-refractivity contribution < 1.29 is 28.4 Å². The monoisotopic (exact) mass is 423 g/mol. The minimum atomic E-state index is 0.136. The number of nitrogens with zero attached hydrogens (tertiary/aromatic N) is 2. The van der Waals surface area contributed by atoms with Gasteiger partial charge in [0.05, 0.1) is 30.5 Å². The largest absolute Gasteiger partial charge is 0.463 e. The third kappa shape index (κ3) is 3.55. The van der Waals surface area contributed by atoms with Gasteiger partial charge in [-0.3, -0.25) is 0 Å². The Morgan fingerprint density at radius 2 is 1.74 bits per heavy atom. The number of ether oxygens (including phenoxy) is 6. The second kappa shape index (κ2) is 7.75. The summed E-state index contributed by atoms with van der Waals surface area (Å²) in [5, 5.41) is 4.17. The number of benzene rings is 2.